The molecule has 4 heteroatoms. The van der Waals surface area contributed by atoms with Gasteiger partial charge in [0.25, 0.3) is 0 Å². The second-order valence-corrected chi connectivity index (χ2v) is 4.51. The van der Waals surface area contributed by atoms with Crippen LogP contribution in [0.15, 0.2) is 36.4 Å². The van der Waals surface area contributed by atoms with E-state index in [1.165, 1.54) is 0 Å². The second-order valence-electron chi connectivity index (χ2n) is 3.73. The van der Waals surface area contributed by atoms with E-state index >= 15 is 0 Å². The van der Waals surface area contributed by atoms with Crippen LogP contribution >= 0.6 is 23.2 Å². The van der Waals surface area contributed by atoms with Gasteiger partial charge >= 0.3 is 0 Å². The largest absolute Gasteiger partial charge is 0.378 e. The number of hydrogen-bond donors (Lipinski definition) is 1. The van der Waals surface area contributed by atoms with Crippen LogP contribution < -0.4 is 5.32 Å². The number of anilines is 1. The van der Waals surface area contributed by atoms with Gasteiger partial charge in [0.2, 0.25) is 0 Å². The Morgan fingerprint density at radius 3 is 2.65 bits per heavy atom. The summed E-state index contributed by atoms with van der Waals surface area (Å²) in [5, 5.41) is 4.31. The third-order valence-corrected chi connectivity index (χ3v) is 3.18. The molecule has 0 saturated carbocycles. The molecule has 2 rings (SSSR count). The van der Waals surface area contributed by atoms with Crippen molar-refractivity contribution in [2.75, 3.05) is 5.32 Å². The Hall–Kier alpha value is -1.25. The van der Waals surface area contributed by atoms with Gasteiger partial charge in [-0.1, -0.05) is 35.3 Å². The standard InChI is InChI=1S/C13H12Cl2N2/c1-9-4-2-5-10(17-9)8-16-12-7-3-6-11(14)13(12)15/h2-7,16H,8H2,1H3. The zero-order chi connectivity index (χ0) is 12.3. The minimum Gasteiger partial charge on any atom is -0.378 e. The van der Waals surface area contributed by atoms with Crippen LogP contribution in [0.5, 0.6) is 0 Å². The van der Waals surface area contributed by atoms with Crippen LogP contribution in [0.2, 0.25) is 10.0 Å². The van der Waals surface area contributed by atoms with E-state index in [1.54, 1.807) is 6.07 Å². The lowest BCUT2D eigenvalue weighted by molar-refractivity contribution is 1.02. The van der Waals surface area contributed by atoms with Crippen molar-refractivity contribution in [1.82, 2.24) is 4.98 Å². The summed E-state index contributed by atoms with van der Waals surface area (Å²) in [5.74, 6) is 0. The molecule has 1 aromatic carbocycles. The average Bonchev–Trinajstić information content (AvgIpc) is 2.31. The zero-order valence-electron chi connectivity index (χ0n) is 9.37. The molecule has 0 aliphatic heterocycles. The number of pyridine rings is 1. The normalized spacial score (nSPS) is 10.3. The van der Waals surface area contributed by atoms with E-state index in [1.807, 2.05) is 37.3 Å². The summed E-state index contributed by atoms with van der Waals surface area (Å²) >= 11 is 12.0. The van der Waals surface area contributed by atoms with Gasteiger partial charge in [0.15, 0.2) is 0 Å². The fraction of sp³-hybridized carbons (Fsp3) is 0.154. The van der Waals surface area contributed by atoms with Crippen LogP contribution in [0, 0.1) is 6.92 Å². The van der Waals surface area contributed by atoms with Crippen LogP contribution in [0.3, 0.4) is 0 Å². The van der Waals surface area contributed by atoms with Gasteiger partial charge in [0.05, 0.1) is 28.0 Å². The molecule has 2 aromatic rings. The highest BCUT2D eigenvalue weighted by molar-refractivity contribution is 6.43. The topological polar surface area (TPSA) is 24.9 Å². The smallest absolute Gasteiger partial charge is 0.0823 e. The number of halogens is 2. The molecule has 0 amide bonds. The van der Waals surface area contributed by atoms with Crippen molar-refractivity contribution in [2.45, 2.75) is 13.5 Å². The van der Waals surface area contributed by atoms with Gasteiger partial charge in [0.1, 0.15) is 0 Å². The van der Waals surface area contributed by atoms with Gasteiger partial charge < -0.3 is 5.32 Å². The van der Waals surface area contributed by atoms with Crippen LogP contribution in [0.1, 0.15) is 11.4 Å². The number of nitrogens with one attached hydrogen (secondary N) is 1. The van der Waals surface area contributed by atoms with Gasteiger partial charge in [-0.15, -0.1) is 0 Å². The van der Waals surface area contributed by atoms with Gasteiger partial charge in [-0.25, -0.2) is 0 Å². The predicted octanol–water partition coefficient (Wildman–Crippen LogP) is 4.31. The van der Waals surface area contributed by atoms with Gasteiger partial charge in [-0.2, -0.15) is 0 Å². The minimum atomic E-state index is 0.543. The predicted molar refractivity (Wildman–Crippen MR) is 72.8 cm³/mol. The fourth-order valence-corrected chi connectivity index (χ4v) is 1.89. The van der Waals surface area contributed by atoms with E-state index in [2.05, 4.69) is 10.3 Å². The minimum absolute atomic E-state index is 0.543. The lowest BCUT2D eigenvalue weighted by Gasteiger charge is -2.09. The Morgan fingerprint density at radius 1 is 1.12 bits per heavy atom. The number of aryl methyl sites for hydroxylation is 1. The third-order valence-electron chi connectivity index (χ3n) is 2.36. The van der Waals surface area contributed by atoms with Gasteiger partial charge in [0, 0.05) is 5.69 Å². The first-order valence-electron chi connectivity index (χ1n) is 5.27. The molecule has 0 aliphatic rings. The maximum Gasteiger partial charge on any atom is 0.0823 e. The summed E-state index contributed by atoms with van der Waals surface area (Å²) in [6.45, 7) is 2.59. The van der Waals surface area contributed by atoms with Crippen molar-refractivity contribution >= 4 is 28.9 Å². The van der Waals surface area contributed by atoms with Crippen LogP contribution in [-0.2, 0) is 6.54 Å². The first-order valence-corrected chi connectivity index (χ1v) is 6.03. The van der Waals surface area contributed by atoms with Crippen molar-refractivity contribution in [3.05, 3.63) is 57.8 Å². The Labute approximate surface area is 111 Å². The van der Waals surface area contributed by atoms with Crippen molar-refractivity contribution in [3.8, 4) is 0 Å². The van der Waals surface area contributed by atoms with Crippen molar-refractivity contribution < 1.29 is 0 Å². The number of nitrogens with zero attached hydrogens (tertiary/aromatic N) is 1. The van der Waals surface area contributed by atoms with Gasteiger partial charge in [-0.3, -0.25) is 4.98 Å². The highest BCUT2D eigenvalue weighted by atomic mass is 35.5. The summed E-state index contributed by atoms with van der Waals surface area (Å²) in [4.78, 5) is 4.40. The van der Waals surface area contributed by atoms with Crippen LogP contribution in [-0.4, -0.2) is 4.98 Å². The second kappa shape index (κ2) is 5.39. The summed E-state index contributed by atoms with van der Waals surface area (Å²) in [5.41, 5.74) is 2.80. The Bertz CT molecular complexity index is 527. The highest BCUT2D eigenvalue weighted by Crippen LogP contribution is 2.29. The van der Waals surface area contributed by atoms with E-state index in [4.69, 9.17) is 23.2 Å². The molecular weight excluding hydrogens is 255 g/mol. The SMILES string of the molecule is Cc1cccc(CNc2cccc(Cl)c2Cl)n1. The van der Waals surface area contributed by atoms with Crippen molar-refractivity contribution in [2.24, 2.45) is 0 Å². The average molecular weight is 267 g/mol. The summed E-state index contributed by atoms with van der Waals surface area (Å²) in [7, 11) is 0. The lowest BCUT2D eigenvalue weighted by atomic mass is 10.3. The molecule has 0 fully saturated rings. The Balaban J connectivity index is 2.10. The fourth-order valence-electron chi connectivity index (χ4n) is 1.52. The third kappa shape index (κ3) is 3.11. The quantitative estimate of drug-likeness (QED) is 0.896. The van der Waals surface area contributed by atoms with E-state index in [9.17, 15) is 0 Å². The van der Waals surface area contributed by atoms with Crippen LogP contribution in [0.4, 0.5) is 5.69 Å². The van der Waals surface area contributed by atoms with Crippen LogP contribution in [0.25, 0.3) is 0 Å². The Morgan fingerprint density at radius 2 is 1.88 bits per heavy atom. The molecule has 0 saturated heterocycles. The number of rotatable bonds is 3. The summed E-state index contributed by atoms with van der Waals surface area (Å²) in [6, 6.07) is 11.4. The molecule has 0 spiro atoms. The maximum absolute atomic E-state index is 6.08. The maximum atomic E-state index is 6.08. The summed E-state index contributed by atoms with van der Waals surface area (Å²) < 4.78 is 0. The highest BCUT2D eigenvalue weighted by Gasteiger charge is 2.03. The van der Waals surface area contributed by atoms with E-state index in [-0.39, 0.29) is 0 Å². The molecule has 2 nitrogen and oxygen atoms in total. The molecule has 88 valence electrons. The zero-order valence-corrected chi connectivity index (χ0v) is 10.9. The van der Waals surface area contributed by atoms with E-state index in [0.717, 1.165) is 17.1 Å². The number of benzene rings is 1. The first kappa shape index (κ1) is 12.2. The lowest BCUT2D eigenvalue weighted by Crippen LogP contribution is -2.02. The molecule has 0 bridgehead atoms. The molecule has 1 N–H and O–H groups in total. The first-order chi connectivity index (χ1) is 8.16. The molecule has 17 heavy (non-hydrogen) atoms. The Kier molecular flexibility index (Phi) is 3.87. The number of aromatic nitrogens is 1. The van der Waals surface area contributed by atoms with Gasteiger partial charge in [-0.05, 0) is 31.2 Å². The molecule has 0 unspecified atom stereocenters. The monoisotopic (exact) mass is 266 g/mol. The molecule has 0 aliphatic carbocycles. The molecule has 0 radical (unpaired) electrons. The summed E-state index contributed by atoms with van der Waals surface area (Å²) in [6.07, 6.45) is 0. The molecule has 0 atom stereocenters. The number of hydrogen-bond acceptors (Lipinski definition) is 2. The molecular formula is C13H12Cl2N2. The van der Waals surface area contributed by atoms with E-state index < -0.39 is 0 Å². The van der Waals surface area contributed by atoms with Crippen molar-refractivity contribution in [3.63, 3.8) is 0 Å². The van der Waals surface area contributed by atoms with Crippen molar-refractivity contribution in [1.29, 1.82) is 0 Å². The molecule has 1 aromatic heterocycles. The molecule has 1 heterocycles. The van der Waals surface area contributed by atoms with E-state index in [0.29, 0.717) is 16.6 Å².